The van der Waals surface area contributed by atoms with Crippen LogP contribution < -0.4 is 9.62 Å². The molecule has 0 radical (unpaired) electrons. The zero-order valence-electron chi connectivity index (χ0n) is 15.3. The predicted molar refractivity (Wildman–Crippen MR) is 105 cm³/mol. The molecule has 0 fully saturated rings. The van der Waals surface area contributed by atoms with Crippen LogP contribution in [0.3, 0.4) is 0 Å². The van der Waals surface area contributed by atoms with E-state index >= 15 is 0 Å². The molecule has 0 aromatic heterocycles. The third-order valence-corrected chi connectivity index (χ3v) is 5.98. The highest BCUT2D eigenvalue weighted by atomic mass is 32.2. The number of anilines is 1. The summed E-state index contributed by atoms with van der Waals surface area (Å²) >= 11 is 0. The highest BCUT2D eigenvalue weighted by Gasteiger charge is 2.24. The third-order valence-electron chi connectivity index (χ3n) is 4.08. The minimum absolute atomic E-state index is 0.115. The average Bonchev–Trinajstić information content (AvgIpc) is 2.66. The van der Waals surface area contributed by atoms with E-state index in [2.05, 4.69) is 12.2 Å². The van der Waals surface area contributed by atoms with Crippen LogP contribution in [0.1, 0.15) is 43.5 Å². The summed E-state index contributed by atoms with van der Waals surface area (Å²) in [6.07, 6.45) is 3.05. The van der Waals surface area contributed by atoms with Gasteiger partial charge in [0, 0.05) is 18.7 Å². The summed E-state index contributed by atoms with van der Waals surface area (Å²) in [5.74, 6) is -0.249. The summed E-state index contributed by atoms with van der Waals surface area (Å²) in [5.41, 5.74) is 0.955. The average molecular weight is 375 g/mol. The molecule has 0 saturated carbocycles. The Labute approximate surface area is 156 Å². The summed E-state index contributed by atoms with van der Waals surface area (Å²) in [4.78, 5) is 12.4. The number of benzene rings is 2. The lowest BCUT2D eigenvalue weighted by Gasteiger charge is -2.23. The molecular formula is C20H26N2O3S. The summed E-state index contributed by atoms with van der Waals surface area (Å²) in [6, 6.07) is 15.1. The van der Waals surface area contributed by atoms with Gasteiger partial charge in [-0.15, -0.1) is 0 Å². The van der Waals surface area contributed by atoms with E-state index in [0.29, 0.717) is 24.3 Å². The van der Waals surface area contributed by atoms with Gasteiger partial charge in [0.05, 0.1) is 10.6 Å². The van der Waals surface area contributed by atoms with Crippen molar-refractivity contribution in [2.75, 3.05) is 17.4 Å². The second kappa shape index (κ2) is 9.38. The monoisotopic (exact) mass is 374 g/mol. The number of carbonyl (C=O) groups is 1. The van der Waals surface area contributed by atoms with E-state index in [9.17, 15) is 13.2 Å². The fourth-order valence-corrected chi connectivity index (χ4v) is 4.21. The first kappa shape index (κ1) is 20.0. The highest BCUT2D eigenvalue weighted by Crippen LogP contribution is 2.23. The van der Waals surface area contributed by atoms with Gasteiger partial charge in [0.2, 0.25) is 0 Å². The molecule has 0 heterocycles. The summed E-state index contributed by atoms with van der Waals surface area (Å²) in [7, 11) is -3.74. The number of para-hydroxylation sites is 1. The Morgan fingerprint density at radius 3 is 2.38 bits per heavy atom. The quantitative estimate of drug-likeness (QED) is 0.679. The van der Waals surface area contributed by atoms with Gasteiger partial charge in [-0.25, -0.2) is 8.42 Å². The smallest absolute Gasteiger partial charge is 0.264 e. The molecule has 0 unspecified atom stereocenters. The molecule has 140 valence electrons. The SMILES string of the molecule is CCCCCNC(=O)c1cccc(S(=O)(=O)N(CC)c2ccccc2)c1. The maximum Gasteiger partial charge on any atom is 0.264 e. The molecule has 26 heavy (non-hydrogen) atoms. The van der Waals surface area contributed by atoms with Gasteiger partial charge in [0.25, 0.3) is 15.9 Å². The fraction of sp³-hybridized carbons (Fsp3) is 0.350. The molecule has 6 heteroatoms. The first-order valence-electron chi connectivity index (χ1n) is 8.96. The molecular weight excluding hydrogens is 348 g/mol. The van der Waals surface area contributed by atoms with E-state index in [1.807, 2.05) is 6.07 Å². The van der Waals surface area contributed by atoms with E-state index in [-0.39, 0.29) is 10.8 Å². The molecule has 0 saturated heterocycles. The van der Waals surface area contributed by atoms with E-state index in [0.717, 1.165) is 19.3 Å². The molecule has 0 bridgehead atoms. The van der Waals surface area contributed by atoms with Crippen molar-refractivity contribution < 1.29 is 13.2 Å². The molecule has 0 atom stereocenters. The van der Waals surface area contributed by atoms with Crippen molar-refractivity contribution in [3.8, 4) is 0 Å². The van der Waals surface area contributed by atoms with E-state index in [1.165, 1.54) is 16.4 Å². The Morgan fingerprint density at radius 1 is 1.00 bits per heavy atom. The lowest BCUT2D eigenvalue weighted by molar-refractivity contribution is 0.0952. The lowest BCUT2D eigenvalue weighted by atomic mass is 10.2. The van der Waals surface area contributed by atoms with Crippen LogP contribution in [0.5, 0.6) is 0 Å². The maximum atomic E-state index is 13.0. The molecule has 0 aliphatic heterocycles. The zero-order chi connectivity index (χ0) is 19.0. The number of unbranched alkanes of at least 4 members (excludes halogenated alkanes) is 2. The van der Waals surface area contributed by atoms with Crippen LogP contribution in [-0.2, 0) is 10.0 Å². The van der Waals surface area contributed by atoms with Crippen LogP contribution in [0.2, 0.25) is 0 Å². The van der Waals surface area contributed by atoms with E-state index in [4.69, 9.17) is 0 Å². The molecule has 2 aromatic carbocycles. The Bertz CT molecular complexity index is 820. The summed E-state index contributed by atoms with van der Waals surface area (Å²) < 4.78 is 27.4. The Kier molecular flexibility index (Phi) is 7.21. The third kappa shape index (κ3) is 4.85. The van der Waals surface area contributed by atoms with Gasteiger partial charge < -0.3 is 5.32 Å². The van der Waals surface area contributed by atoms with Gasteiger partial charge >= 0.3 is 0 Å². The number of nitrogens with zero attached hydrogens (tertiary/aromatic N) is 1. The summed E-state index contributed by atoms with van der Waals surface area (Å²) in [5, 5.41) is 2.84. The standard InChI is InChI=1S/C20H26N2O3S/c1-3-5-9-15-21-20(23)17-11-10-14-19(16-17)26(24,25)22(4-2)18-12-7-6-8-13-18/h6-8,10-14,16H,3-5,9,15H2,1-2H3,(H,21,23). The van der Waals surface area contributed by atoms with Crippen molar-refractivity contribution >= 4 is 21.6 Å². The van der Waals surface area contributed by atoms with Crippen molar-refractivity contribution in [2.24, 2.45) is 0 Å². The largest absolute Gasteiger partial charge is 0.352 e. The Balaban J connectivity index is 2.23. The number of rotatable bonds is 9. The van der Waals surface area contributed by atoms with Crippen molar-refractivity contribution in [1.82, 2.24) is 5.32 Å². The van der Waals surface area contributed by atoms with Crippen LogP contribution in [-0.4, -0.2) is 27.4 Å². The molecule has 5 nitrogen and oxygen atoms in total. The van der Waals surface area contributed by atoms with E-state index in [1.54, 1.807) is 43.3 Å². The highest BCUT2D eigenvalue weighted by molar-refractivity contribution is 7.92. The zero-order valence-corrected chi connectivity index (χ0v) is 16.1. The van der Waals surface area contributed by atoms with Crippen LogP contribution in [0.15, 0.2) is 59.5 Å². The van der Waals surface area contributed by atoms with Gasteiger partial charge in [-0.3, -0.25) is 9.10 Å². The molecule has 0 aliphatic carbocycles. The van der Waals surface area contributed by atoms with Crippen molar-refractivity contribution in [3.05, 3.63) is 60.2 Å². The molecule has 1 amide bonds. The van der Waals surface area contributed by atoms with Crippen molar-refractivity contribution in [1.29, 1.82) is 0 Å². The van der Waals surface area contributed by atoms with Gasteiger partial charge in [-0.05, 0) is 43.7 Å². The number of hydrogen-bond donors (Lipinski definition) is 1. The molecule has 0 aliphatic rings. The second-order valence-electron chi connectivity index (χ2n) is 6.00. The fourth-order valence-electron chi connectivity index (χ4n) is 2.69. The first-order chi connectivity index (χ1) is 12.5. The number of sulfonamides is 1. The van der Waals surface area contributed by atoms with Crippen LogP contribution >= 0.6 is 0 Å². The molecule has 2 rings (SSSR count). The van der Waals surface area contributed by atoms with Gasteiger partial charge in [-0.2, -0.15) is 0 Å². The van der Waals surface area contributed by atoms with Crippen LogP contribution in [0.25, 0.3) is 0 Å². The van der Waals surface area contributed by atoms with Crippen molar-refractivity contribution in [3.63, 3.8) is 0 Å². The Hall–Kier alpha value is -2.34. The lowest BCUT2D eigenvalue weighted by Crippen LogP contribution is -2.31. The first-order valence-corrected chi connectivity index (χ1v) is 10.4. The molecule has 2 aromatic rings. The van der Waals surface area contributed by atoms with Gasteiger partial charge in [0.15, 0.2) is 0 Å². The molecule has 1 N–H and O–H groups in total. The Morgan fingerprint density at radius 2 is 1.73 bits per heavy atom. The topological polar surface area (TPSA) is 66.5 Å². The number of nitrogens with one attached hydrogen (secondary N) is 1. The number of hydrogen-bond acceptors (Lipinski definition) is 3. The van der Waals surface area contributed by atoms with Gasteiger partial charge in [0.1, 0.15) is 0 Å². The minimum atomic E-state index is -3.74. The van der Waals surface area contributed by atoms with Gasteiger partial charge in [-0.1, -0.05) is 44.0 Å². The maximum absolute atomic E-state index is 13.0. The van der Waals surface area contributed by atoms with Crippen LogP contribution in [0, 0.1) is 0 Å². The minimum Gasteiger partial charge on any atom is -0.352 e. The second-order valence-corrected chi connectivity index (χ2v) is 7.86. The van der Waals surface area contributed by atoms with Crippen LogP contribution in [0.4, 0.5) is 5.69 Å². The van der Waals surface area contributed by atoms with Crippen molar-refractivity contribution in [2.45, 2.75) is 38.0 Å². The normalized spacial score (nSPS) is 11.2. The number of amides is 1. The molecule has 0 spiro atoms. The van der Waals surface area contributed by atoms with E-state index < -0.39 is 10.0 Å². The predicted octanol–water partition coefficient (Wildman–Crippen LogP) is 3.82. The summed E-state index contributed by atoms with van der Waals surface area (Å²) in [6.45, 7) is 4.78. The number of carbonyl (C=O) groups excluding carboxylic acids is 1.